The van der Waals surface area contributed by atoms with E-state index in [1.165, 1.54) is 4.57 Å². The van der Waals surface area contributed by atoms with Crippen molar-refractivity contribution in [1.82, 2.24) is 19.7 Å². The third-order valence-corrected chi connectivity index (χ3v) is 7.98. The third-order valence-electron chi connectivity index (χ3n) is 7.98. The molecule has 39 heavy (non-hydrogen) atoms. The molecule has 1 atom stereocenters. The predicted octanol–water partition coefficient (Wildman–Crippen LogP) is 2.73. The second-order valence-corrected chi connectivity index (χ2v) is 11.9. The van der Waals surface area contributed by atoms with Crippen LogP contribution in [0.1, 0.15) is 58.9 Å². The number of likely N-dealkylation sites (tertiary alicyclic amines) is 1. The van der Waals surface area contributed by atoms with Crippen LogP contribution in [0.15, 0.2) is 27.4 Å². The number of hydrogen-bond donors (Lipinski definition) is 1. The first-order valence-corrected chi connectivity index (χ1v) is 14.0. The van der Waals surface area contributed by atoms with E-state index in [4.69, 9.17) is 9.15 Å². The van der Waals surface area contributed by atoms with Crippen molar-refractivity contribution >= 4 is 34.7 Å². The molecule has 1 unspecified atom stereocenters. The molecular weight excluding hydrogens is 502 g/mol. The van der Waals surface area contributed by atoms with Crippen molar-refractivity contribution in [1.29, 1.82) is 0 Å². The van der Waals surface area contributed by atoms with E-state index in [-0.39, 0.29) is 24.8 Å². The van der Waals surface area contributed by atoms with Gasteiger partial charge in [-0.25, -0.2) is 9.59 Å². The molecule has 1 aromatic heterocycles. The molecule has 1 N–H and O–H groups in total. The zero-order valence-corrected chi connectivity index (χ0v) is 23.1. The summed E-state index contributed by atoms with van der Waals surface area (Å²) in [6.45, 7) is 11.9. The quantitative estimate of drug-likeness (QED) is 0.575. The number of piperidine rings is 2. The number of aromatic nitrogens is 1. The number of imide groups is 1. The van der Waals surface area contributed by atoms with Crippen LogP contribution in [0, 0.1) is 5.92 Å². The average molecular weight is 542 g/mol. The number of rotatable bonds is 5. The second-order valence-electron chi connectivity index (χ2n) is 11.9. The topological polar surface area (TPSA) is 117 Å². The number of carbonyl (C=O) groups excluding carboxylic acids is 3. The summed E-state index contributed by atoms with van der Waals surface area (Å²) in [5.74, 6) is -0.745. The smallest absolute Gasteiger partial charge is 0.420 e. The SMILES string of the molecule is CC(C)(C)OC(=O)N1CCC(CCN2CCN(c3ccc4c(c3)oc(=O)n4C3CCC(=O)NC3=O)CC2)CC1. The van der Waals surface area contributed by atoms with E-state index in [0.29, 0.717) is 17.0 Å². The molecule has 5 rings (SSSR count). The first-order valence-electron chi connectivity index (χ1n) is 14.0. The standard InChI is InChI=1S/C28H39N5O6/c1-28(2,3)39-26(36)32-12-9-19(10-13-32)8-11-30-14-16-31(17-15-30)20-4-5-21-23(18-20)38-27(37)33(21)22-6-7-24(34)29-25(22)35/h4-5,18-19,22H,6-17H2,1-3H3,(H,29,34,35). The largest absolute Gasteiger partial charge is 0.444 e. The number of piperazine rings is 1. The molecule has 1 aromatic carbocycles. The van der Waals surface area contributed by atoms with Gasteiger partial charge in [-0.2, -0.15) is 0 Å². The minimum Gasteiger partial charge on any atom is -0.444 e. The van der Waals surface area contributed by atoms with Crippen molar-refractivity contribution < 1.29 is 23.5 Å². The summed E-state index contributed by atoms with van der Waals surface area (Å²) in [7, 11) is 0. The zero-order valence-electron chi connectivity index (χ0n) is 23.1. The molecule has 0 saturated carbocycles. The average Bonchev–Trinajstić information content (AvgIpc) is 3.22. The van der Waals surface area contributed by atoms with Gasteiger partial charge in [0.15, 0.2) is 5.58 Å². The van der Waals surface area contributed by atoms with Gasteiger partial charge in [-0.3, -0.25) is 24.4 Å². The lowest BCUT2D eigenvalue weighted by molar-refractivity contribution is -0.135. The number of ether oxygens (including phenoxy) is 1. The van der Waals surface area contributed by atoms with E-state index in [1.54, 1.807) is 0 Å². The molecule has 3 aliphatic rings. The molecule has 3 saturated heterocycles. The van der Waals surface area contributed by atoms with Gasteiger partial charge < -0.3 is 19.0 Å². The molecule has 11 heteroatoms. The van der Waals surface area contributed by atoms with E-state index >= 15 is 0 Å². The van der Waals surface area contributed by atoms with Crippen LogP contribution < -0.4 is 16.0 Å². The van der Waals surface area contributed by atoms with Gasteiger partial charge in [0.1, 0.15) is 11.6 Å². The minimum atomic E-state index is -0.740. The molecule has 4 heterocycles. The van der Waals surface area contributed by atoms with Crippen LogP contribution in [-0.4, -0.2) is 83.7 Å². The molecule has 2 aromatic rings. The highest BCUT2D eigenvalue weighted by molar-refractivity contribution is 6.00. The summed E-state index contributed by atoms with van der Waals surface area (Å²) >= 11 is 0. The van der Waals surface area contributed by atoms with Crippen LogP contribution in [0.5, 0.6) is 0 Å². The van der Waals surface area contributed by atoms with Crippen molar-refractivity contribution in [3.8, 4) is 0 Å². The number of nitrogens with one attached hydrogen (secondary N) is 1. The predicted molar refractivity (Wildman–Crippen MR) is 146 cm³/mol. The Balaban J connectivity index is 1.11. The third kappa shape index (κ3) is 6.29. The number of oxazole rings is 1. The van der Waals surface area contributed by atoms with Gasteiger partial charge in [-0.15, -0.1) is 0 Å². The van der Waals surface area contributed by atoms with Crippen LogP contribution in [0.2, 0.25) is 0 Å². The minimum absolute atomic E-state index is 0.198. The highest BCUT2D eigenvalue weighted by Gasteiger charge is 2.32. The Morgan fingerprint density at radius 2 is 1.74 bits per heavy atom. The molecule has 0 aliphatic carbocycles. The second kappa shape index (κ2) is 11.0. The molecule has 212 valence electrons. The maximum atomic E-state index is 12.6. The fourth-order valence-corrected chi connectivity index (χ4v) is 5.77. The highest BCUT2D eigenvalue weighted by atomic mass is 16.6. The van der Waals surface area contributed by atoms with Crippen LogP contribution in [0.3, 0.4) is 0 Å². The Hall–Kier alpha value is -3.34. The van der Waals surface area contributed by atoms with Crippen LogP contribution in [0.25, 0.3) is 11.1 Å². The molecule has 0 spiro atoms. The maximum Gasteiger partial charge on any atom is 0.420 e. The Morgan fingerprint density at radius 1 is 1.03 bits per heavy atom. The molecule has 3 aliphatic heterocycles. The fourth-order valence-electron chi connectivity index (χ4n) is 5.77. The van der Waals surface area contributed by atoms with Crippen molar-refractivity contribution in [3.63, 3.8) is 0 Å². The summed E-state index contributed by atoms with van der Waals surface area (Å²) in [6, 6.07) is 4.92. The van der Waals surface area contributed by atoms with Gasteiger partial charge in [-0.1, -0.05) is 0 Å². The number of hydrogen-bond acceptors (Lipinski definition) is 8. The summed E-state index contributed by atoms with van der Waals surface area (Å²) in [5.41, 5.74) is 1.54. The van der Waals surface area contributed by atoms with Gasteiger partial charge in [0.2, 0.25) is 11.8 Å². The molecule has 3 amide bonds. The molecule has 0 radical (unpaired) electrons. The monoisotopic (exact) mass is 541 g/mol. The van der Waals surface area contributed by atoms with E-state index < -0.39 is 23.3 Å². The normalized spacial score (nSPS) is 21.9. The summed E-state index contributed by atoms with van der Waals surface area (Å²) in [6.07, 6.45) is 3.44. The van der Waals surface area contributed by atoms with E-state index in [1.807, 2.05) is 43.9 Å². The van der Waals surface area contributed by atoms with Gasteiger partial charge in [0.25, 0.3) is 0 Å². The van der Waals surface area contributed by atoms with E-state index in [9.17, 15) is 19.2 Å². The highest BCUT2D eigenvalue weighted by Crippen LogP contribution is 2.28. The lowest BCUT2D eigenvalue weighted by atomic mass is 9.93. The first-order chi connectivity index (χ1) is 18.6. The molecular formula is C28H39N5O6. The van der Waals surface area contributed by atoms with Crippen LogP contribution in [0.4, 0.5) is 10.5 Å². The van der Waals surface area contributed by atoms with E-state index in [0.717, 1.165) is 70.8 Å². The number of nitrogens with zero attached hydrogens (tertiary/aromatic N) is 4. The molecule has 0 bridgehead atoms. The summed E-state index contributed by atoms with van der Waals surface area (Å²) < 4.78 is 12.4. The summed E-state index contributed by atoms with van der Waals surface area (Å²) in [4.78, 5) is 55.3. The lowest BCUT2D eigenvalue weighted by Gasteiger charge is -2.37. The molecule has 11 nitrogen and oxygen atoms in total. The fraction of sp³-hybridized carbons (Fsp3) is 0.643. The Kier molecular flexibility index (Phi) is 7.70. The number of benzene rings is 1. The van der Waals surface area contributed by atoms with Gasteiger partial charge in [0, 0.05) is 57.4 Å². The Labute approximate surface area is 228 Å². The number of carbonyl (C=O) groups is 3. The van der Waals surface area contributed by atoms with Crippen molar-refractivity contribution in [2.45, 2.75) is 64.5 Å². The van der Waals surface area contributed by atoms with Crippen LogP contribution >= 0.6 is 0 Å². The van der Waals surface area contributed by atoms with Gasteiger partial charge in [-0.05, 0) is 71.0 Å². The first kappa shape index (κ1) is 27.2. The van der Waals surface area contributed by atoms with Crippen molar-refractivity contribution in [2.24, 2.45) is 5.92 Å². The van der Waals surface area contributed by atoms with Crippen molar-refractivity contribution in [2.75, 3.05) is 50.7 Å². The number of fused-ring (bicyclic) bond motifs is 1. The van der Waals surface area contributed by atoms with Gasteiger partial charge in [0.05, 0.1) is 5.52 Å². The number of anilines is 1. The maximum absolute atomic E-state index is 12.6. The van der Waals surface area contributed by atoms with E-state index in [2.05, 4.69) is 15.1 Å². The van der Waals surface area contributed by atoms with Gasteiger partial charge >= 0.3 is 11.8 Å². The number of amides is 3. The summed E-state index contributed by atoms with van der Waals surface area (Å²) in [5, 5.41) is 2.31. The Morgan fingerprint density at radius 3 is 2.41 bits per heavy atom. The Bertz CT molecular complexity index is 1280. The molecule has 3 fully saturated rings. The lowest BCUT2D eigenvalue weighted by Crippen LogP contribution is -2.47. The van der Waals surface area contributed by atoms with Crippen molar-refractivity contribution in [3.05, 3.63) is 28.7 Å². The van der Waals surface area contributed by atoms with Crippen LogP contribution in [-0.2, 0) is 14.3 Å². The zero-order chi connectivity index (χ0) is 27.7.